The zero-order chi connectivity index (χ0) is 12.0. The molecule has 1 aromatic rings. The molecule has 0 fully saturated rings. The molecule has 1 aromatic carbocycles. The first-order valence-corrected chi connectivity index (χ1v) is 5.42. The second-order valence-corrected chi connectivity index (χ2v) is 3.83. The summed E-state index contributed by atoms with van der Waals surface area (Å²) >= 11 is 0. The van der Waals surface area contributed by atoms with Crippen molar-refractivity contribution in [1.82, 2.24) is 5.32 Å². The van der Waals surface area contributed by atoms with Gasteiger partial charge in [-0.2, -0.15) is 0 Å². The van der Waals surface area contributed by atoms with Crippen molar-refractivity contribution in [1.29, 1.82) is 0 Å². The van der Waals surface area contributed by atoms with Crippen molar-refractivity contribution in [3.63, 3.8) is 0 Å². The molecule has 88 valence electrons. The zero-order valence-corrected chi connectivity index (χ0v) is 9.50. The molecule has 0 aliphatic carbocycles. The molecular weight excluding hydrogens is 202 g/mol. The smallest absolute Gasteiger partial charge is 0.0989 e. The quantitative estimate of drug-likeness (QED) is 0.634. The maximum absolute atomic E-state index is 9.53. The fourth-order valence-corrected chi connectivity index (χ4v) is 1.43. The third-order valence-corrected chi connectivity index (χ3v) is 2.57. The monoisotopic (exact) mass is 221 g/mol. The average molecular weight is 221 g/mol. The van der Waals surface area contributed by atoms with Gasteiger partial charge in [0.1, 0.15) is 0 Å². The summed E-state index contributed by atoms with van der Waals surface area (Å²) in [4.78, 5) is 0. The second-order valence-electron chi connectivity index (χ2n) is 3.83. The SMILES string of the molecule is C=C[C@@H](O)[C@@H](O)CN[C@@H](C)c1ccccc1. The lowest BCUT2D eigenvalue weighted by molar-refractivity contribution is 0.0477. The largest absolute Gasteiger partial charge is 0.389 e. The fourth-order valence-electron chi connectivity index (χ4n) is 1.43. The lowest BCUT2D eigenvalue weighted by Gasteiger charge is -2.19. The topological polar surface area (TPSA) is 52.5 Å². The molecule has 3 heteroatoms. The number of hydrogen-bond acceptors (Lipinski definition) is 3. The Balaban J connectivity index is 2.41. The molecule has 3 atom stereocenters. The fraction of sp³-hybridized carbons (Fsp3) is 0.385. The van der Waals surface area contributed by atoms with Crippen molar-refractivity contribution in [2.24, 2.45) is 0 Å². The summed E-state index contributed by atoms with van der Waals surface area (Å²) in [6.07, 6.45) is -0.362. The van der Waals surface area contributed by atoms with Crippen LogP contribution in [0.15, 0.2) is 43.0 Å². The molecular formula is C13H19NO2. The molecule has 16 heavy (non-hydrogen) atoms. The van der Waals surface area contributed by atoms with E-state index < -0.39 is 12.2 Å². The Bertz CT molecular complexity index is 313. The van der Waals surface area contributed by atoms with Gasteiger partial charge in [-0.05, 0) is 12.5 Å². The van der Waals surface area contributed by atoms with Gasteiger partial charge in [-0.25, -0.2) is 0 Å². The van der Waals surface area contributed by atoms with Crippen molar-refractivity contribution < 1.29 is 10.2 Å². The average Bonchev–Trinajstić information content (AvgIpc) is 2.35. The summed E-state index contributed by atoms with van der Waals surface area (Å²) in [6, 6.07) is 10.1. The van der Waals surface area contributed by atoms with E-state index in [1.54, 1.807) is 0 Å². The molecule has 0 saturated carbocycles. The van der Waals surface area contributed by atoms with Crippen LogP contribution in [0.25, 0.3) is 0 Å². The normalized spacial score (nSPS) is 16.4. The van der Waals surface area contributed by atoms with Crippen molar-refractivity contribution >= 4 is 0 Å². The van der Waals surface area contributed by atoms with Crippen LogP contribution in [0, 0.1) is 0 Å². The molecule has 0 radical (unpaired) electrons. The lowest BCUT2D eigenvalue weighted by Crippen LogP contribution is -2.36. The van der Waals surface area contributed by atoms with Crippen LogP contribution in [0.2, 0.25) is 0 Å². The van der Waals surface area contributed by atoms with E-state index in [1.165, 1.54) is 6.08 Å². The van der Waals surface area contributed by atoms with Gasteiger partial charge >= 0.3 is 0 Å². The summed E-state index contributed by atoms with van der Waals surface area (Å²) in [7, 11) is 0. The number of benzene rings is 1. The van der Waals surface area contributed by atoms with Crippen molar-refractivity contribution in [3.05, 3.63) is 48.6 Å². The summed E-state index contributed by atoms with van der Waals surface area (Å²) in [6.45, 7) is 5.78. The molecule has 0 amide bonds. The first kappa shape index (κ1) is 12.9. The minimum Gasteiger partial charge on any atom is -0.389 e. The summed E-state index contributed by atoms with van der Waals surface area (Å²) in [5.41, 5.74) is 1.16. The highest BCUT2D eigenvalue weighted by atomic mass is 16.3. The summed E-state index contributed by atoms with van der Waals surface area (Å²) in [5, 5.41) is 22.0. The molecule has 3 nitrogen and oxygen atoms in total. The summed E-state index contributed by atoms with van der Waals surface area (Å²) in [5.74, 6) is 0. The van der Waals surface area contributed by atoms with Crippen molar-refractivity contribution in [3.8, 4) is 0 Å². The number of hydrogen-bond donors (Lipinski definition) is 3. The Hall–Kier alpha value is -1.16. The molecule has 0 heterocycles. The highest BCUT2D eigenvalue weighted by molar-refractivity contribution is 5.18. The van der Waals surface area contributed by atoms with Crippen LogP contribution < -0.4 is 5.32 Å². The summed E-state index contributed by atoms with van der Waals surface area (Å²) < 4.78 is 0. The van der Waals surface area contributed by atoms with Crippen LogP contribution in [-0.2, 0) is 0 Å². The molecule has 1 rings (SSSR count). The predicted octanol–water partition coefficient (Wildman–Crippen LogP) is 1.25. The zero-order valence-electron chi connectivity index (χ0n) is 9.50. The van der Waals surface area contributed by atoms with Gasteiger partial charge in [-0.1, -0.05) is 36.4 Å². The van der Waals surface area contributed by atoms with E-state index in [1.807, 2.05) is 37.3 Å². The molecule has 3 N–H and O–H groups in total. The predicted molar refractivity (Wildman–Crippen MR) is 65.1 cm³/mol. The first-order valence-electron chi connectivity index (χ1n) is 5.42. The van der Waals surface area contributed by atoms with Crippen LogP contribution >= 0.6 is 0 Å². The van der Waals surface area contributed by atoms with Crippen LogP contribution in [0.3, 0.4) is 0 Å². The standard InChI is InChI=1S/C13H19NO2/c1-3-12(15)13(16)9-14-10(2)11-7-5-4-6-8-11/h3-8,10,12-16H,1,9H2,2H3/t10-,12+,13-/m0/s1. The van der Waals surface area contributed by atoms with Crippen LogP contribution in [-0.4, -0.2) is 29.0 Å². The molecule has 0 aliphatic rings. The van der Waals surface area contributed by atoms with Gasteiger partial charge in [0.05, 0.1) is 12.2 Å². The van der Waals surface area contributed by atoms with Gasteiger partial charge in [0.15, 0.2) is 0 Å². The second kappa shape index (κ2) is 6.43. The Morgan fingerprint density at radius 2 is 1.94 bits per heavy atom. The minimum atomic E-state index is -0.879. The van der Waals surface area contributed by atoms with Crippen LogP contribution in [0.4, 0.5) is 0 Å². The third-order valence-electron chi connectivity index (χ3n) is 2.57. The number of rotatable bonds is 6. The van der Waals surface area contributed by atoms with Gasteiger partial charge < -0.3 is 15.5 Å². The minimum absolute atomic E-state index is 0.146. The first-order chi connectivity index (χ1) is 7.65. The van der Waals surface area contributed by atoms with E-state index in [2.05, 4.69) is 11.9 Å². The maximum Gasteiger partial charge on any atom is 0.0989 e. The molecule has 0 aliphatic heterocycles. The molecule has 0 saturated heterocycles. The van der Waals surface area contributed by atoms with Gasteiger partial charge in [0, 0.05) is 12.6 Å². The van der Waals surface area contributed by atoms with Crippen molar-refractivity contribution in [2.75, 3.05) is 6.54 Å². The van der Waals surface area contributed by atoms with E-state index in [0.29, 0.717) is 6.54 Å². The Morgan fingerprint density at radius 1 is 1.31 bits per heavy atom. The van der Waals surface area contributed by atoms with Gasteiger partial charge in [0.25, 0.3) is 0 Å². The maximum atomic E-state index is 9.53. The van der Waals surface area contributed by atoms with E-state index >= 15 is 0 Å². The van der Waals surface area contributed by atoms with Gasteiger partial charge in [0.2, 0.25) is 0 Å². The van der Waals surface area contributed by atoms with Gasteiger partial charge in [-0.15, -0.1) is 6.58 Å². The third kappa shape index (κ3) is 3.77. The van der Waals surface area contributed by atoms with Crippen LogP contribution in [0.5, 0.6) is 0 Å². The molecule has 0 unspecified atom stereocenters. The highest BCUT2D eigenvalue weighted by Gasteiger charge is 2.13. The molecule has 0 spiro atoms. The molecule has 0 bridgehead atoms. The van der Waals surface area contributed by atoms with E-state index in [4.69, 9.17) is 0 Å². The molecule has 0 aromatic heterocycles. The van der Waals surface area contributed by atoms with Crippen molar-refractivity contribution in [2.45, 2.75) is 25.2 Å². The Morgan fingerprint density at radius 3 is 2.50 bits per heavy atom. The van der Waals surface area contributed by atoms with E-state index in [-0.39, 0.29) is 6.04 Å². The highest BCUT2D eigenvalue weighted by Crippen LogP contribution is 2.10. The number of nitrogens with one attached hydrogen (secondary N) is 1. The number of aliphatic hydroxyl groups excluding tert-OH is 2. The lowest BCUT2D eigenvalue weighted by atomic mass is 10.1. The Kier molecular flexibility index (Phi) is 5.19. The van der Waals surface area contributed by atoms with E-state index in [9.17, 15) is 10.2 Å². The Labute approximate surface area is 96.4 Å². The van der Waals surface area contributed by atoms with Gasteiger partial charge in [-0.3, -0.25) is 0 Å². The number of aliphatic hydroxyl groups is 2. The van der Waals surface area contributed by atoms with E-state index in [0.717, 1.165) is 5.56 Å². The van der Waals surface area contributed by atoms with Crippen LogP contribution in [0.1, 0.15) is 18.5 Å².